The first-order chi connectivity index (χ1) is 15.4. The van der Waals surface area contributed by atoms with Crippen LogP contribution in [0, 0.1) is 0 Å². The second-order valence-electron chi connectivity index (χ2n) is 7.10. The Morgan fingerprint density at radius 1 is 0.938 bits per heavy atom. The zero-order valence-electron chi connectivity index (χ0n) is 17.8. The van der Waals surface area contributed by atoms with E-state index in [1.54, 1.807) is 19.9 Å². The number of nitrogens with one attached hydrogen (secondary N) is 1. The average molecular weight is 450 g/mol. The summed E-state index contributed by atoms with van der Waals surface area (Å²) in [4.78, 5) is 17.5. The Balaban J connectivity index is 1.59. The highest BCUT2D eigenvalue weighted by atomic mass is 32.2. The molecule has 0 saturated heterocycles. The minimum absolute atomic E-state index is 0.157. The number of carbonyl (C=O) groups excluding carboxylic acids is 1. The standard InChI is InChI=1S/C24H23N3O4S/c1-3-27(4-2)32(29,30)18-15-13-17(14-16-18)23(28)25-20-10-6-5-9-19(20)24-26-21-11-7-8-12-22(21)31-24/h5-16H,3-4H2,1-2H3,(H,25,28). The van der Waals surface area contributed by atoms with Crippen LogP contribution in [0.3, 0.4) is 0 Å². The predicted octanol–water partition coefficient (Wildman–Crippen LogP) is 4.78. The number of anilines is 1. The summed E-state index contributed by atoms with van der Waals surface area (Å²) >= 11 is 0. The molecule has 1 aromatic heterocycles. The van der Waals surface area contributed by atoms with Crippen molar-refractivity contribution in [1.82, 2.24) is 9.29 Å². The van der Waals surface area contributed by atoms with Crippen LogP contribution < -0.4 is 5.32 Å². The van der Waals surface area contributed by atoms with Gasteiger partial charge in [0.15, 0.2) is 5.58 Å². The number of benzene rings is 3. The summed E-state index contributed by atoms with van der Waals surface area (Å²) in [5.74, 6) is 0.0445. The lowest BCUT2D eigenvalue weighted by atomic mass is 10.1. The predicted molar refractivity (Wildman–Crippen MR) is 124 cm³/mol. The first kappa shape index (κ1) is 21.7. The molecule has 1 N–H and O–H groups in total. The SMILES string of the molecule is CCN(CC)S(=O)(=O)c1ccc(C(=O)Nc2ccccc2-c2nc3ccccc3o2)cc1. The maximum atomic E-state index is 12.9. The average Bonchev–Trinajstić information content (AvgIpc) is 3.24. The summed E-state index contributed by atoms with van der Waals surface area (Å²) in [6.45, 7) is 4.34. The van der Waals surface area contributed by atoms with E-state index in [-0.39, 0.29) is 10.8 Å². The largest absolute Gasteiger partial charge is 0.436 e. The molecule has 0 atom stereocenters. The second kappa shape index (κ2) is 8.94. The third kappa shape index (κ3) is 4.15. The van der Waals surface area contributed by atoms with Crippen molar-refractivity contribution in [3.63, 3.8) is 0 Å². The molecule has 1 amide bonds. The number of carbonyl (C=O) groups is 1. The van der Waals surface area contributed by atoms with E-state index < -0.39 is 10.0 Å². The first-order valence-electron chi connectivity index (χ1n) is 10.3. The fourth-order valence-electron chi connectivity index (χ4n) is 3.45. The number of hydrogen-bond donors (Lipinski definition) is 1. The van der Waals surface area contributed by atoms with Crippen LogP contribution in [0.1, 0.15) is 24.2 Å². The maximum Gasteiger partial charge on any atom is 0.255 e. The molecule has 0 bridgehead atoms. The van der Waals surface area contributed by atoms with Gasteiger partial charge in [0.2, 0.25) is 15.9 Å². The van der Waals surface area contributed by atoms with Crippen LogP contribution in [-0.4, -0.2) is 36.7 Å². The Morgan fingerprint density at radius 2 is 1.59 bits per heavy atom. The molecule has 164 valence electrons. The molecule has 0 fully saturated rings. The van der Waals surface area contributed by atoms with E-state index in [0.717, 1.165) is 5.52 Å². The molecule has 0 unspecified atom stereocenters. The van der Waals surface area contributed by atoms with E-state index >= 15 is 0 Å². The highest BCUT2D eigenvalue weighted by molar-refractivity contribution is 7.89. The minimum Gasteiger partial charge on any atom is -0.436 e. The molecular formula is C24H23N3O4S. The van der Waals surface area contributed by atoms with Gasteiger partial charge in [-0.25, -0.2) is 13.4 Å². The van der Waals surface area contributed by atoms with Gasteiger partial charge >= 0.3 is 0 Å². The number of nitrogens with zero attached hydrogens (tertiary/aromatic N) is 2. The monoisotopic (exact) mass is 449 g/mol. The Labute approximate surface area is 186 Å². The molecule has 32 heavy (non-hydrogen) atoms. The number of amides is 1. The molecule has 0 aliphatic rings. The Morgan fingerprint density at radius 3 is 2.28 bits per heavy atom. The number of fused-ring (bicyclic) bond motifs is 1. The second-order valence-corrected chi connectivity index (χ2v) is 9.04. The highest BCUT2D eigenvalue weighted by Gasteiger charge is 2.22. The van der Waals surface area contributed by atoms with Crippen molar-refractivity contribution in [1.29, 1.82) is 0 Å². The molecule has 4 rings (SSSR count). The smallest absolute Gasteiger partial charge is 0.255 e. The van der Waals surface area contributed by atoms with Crippen molar-refractivity contribution in [2.24, 2.45) is 0 Å². The molecule has 0 radical (unpaired) electrons. The summed E-state index contributed by atoms with van der Waals surface area (Å²) in [6, 6.07) is 20.6. The number of sulfonamides is 1. The van der Waals surface area contributed by atoms with Crippen molar-refractivity contribution in [3.8, 4) is 11.5 Å². The lowest BCUT2D eigenvalue weighted by Gasteiger charge is -2.18. The van der Waals surface area contributed by atoms with Gasteiger partial charge in [-0.2, -0.15) is 4.31 Å². The van der Waals surface area contributed by atoms with E-state index in [2.05, 4.69) is 10.3 Å². The Kier molecular flexibility index (Phi) is 6.07. The van der Waals surface area contributed by atoms with Crippen molar-refractivity contribution in [2.75, 3.05) is 18.4 Å². The van der Waals surface area contributed by atoms with Crippen molar-refractivity contribution >= 4 is 32.7 Å². The zero-order valence-corrected chi connectivity index (χ0v) is 18.6. The van der Waals surface area contributed by atoms with Gasteiger partial charge in [-0.3, -0.25) is 4.79 Å². The maximum absolute atomic E-state index is 12.9. The van der Waals surface area contributed by atoms with Crippen molar-refractivity contribution in [2.45, 2.75) is 18.7 Å². The summed E-state index contributed by atoms with van der Waals surface area (Å²) in [7, 11) is -3.58. The first-order valence-corrected chi connectivity index (χ1v) is 11.7. The number of oxazole rings is 1. The topological polar surface area (TPSA) is 92.5 Å². The van der Waals surface area contributed by atoms with Crippen molar-refractivity contribution < 1.29 is 17.6 Å². The van der Waals surface area contributed by atoms with Crippen LogP contribution in [0.15, 0.2) is 82.1 Å². The summed E-state index contributed by atoms with van der Waals surface area (Å²) < 4.78 is 32.5. The molecule has 0 saturated carbocycles. The Hall–Kier alpha value is -3.49. The van der Waals surface area contributed by atoms with Gasteiger partial charge in [0.25, 0.3) is 5.91 Å². The molecule has 8 heteroatoms. The van der Waals surface area contributed by atoms with Crippen LogP contribution in [0.25, 0.3) is 22.6 Å². The summed E-state index contributed by atoms with van der Waals surface area (Å²) in [6.07, 6.45) is 0. The van der Waals surface area contributed by atoms with E-state index in [1.807, 2.05) is 42.5 Å². The van der Waals surface area contributed by atoms with Crippen LogP contribution >= 0.6 is 0 Å². The number of rotatable bonds is 7. The highest BCUT2D eigenvalue weighted by Crippen LogP contribution is 2.30. The lowest BCUT2D eigenvalue weighted by molar-refractivity contribution is 0.102. The zero-order chi connectivity index (χ0) is 22.7. The van der Waals surface area contributed by atoms with Crippen LogP contribution in [0.2, 0.25) is 0 Å². The molecule has 0 aliphatic carbocycles. The number of para-hydroxylation sites is 3. The van der Waals surface area contributed by atoms with Crippen LogP contribution in [-0.2, 0) is 10.0 Å². The number of hydrogen-bond acceptors (Lipinski definition) is 5. The molecular weight excluding hydrogens is 426 g/mol. The van der Waals surface area contributed by atoms with Gasteiger partial charge in [0.1, 0.15) is 5.52 Å². The molecule has 1 heterocycles. The van der Waals surface area contributed by atoms with Gasteiger partial charge in [-0.15, -0.1) is 0 Å². The molecule has 4 aromatic rings. The van der Waals surface area contributed by atoms with Gasteiger partial charge in [-0.1, -0.05) is 38.1 Å². The normalized spacial score (nSPS) is 11.7. The minimum atomic E-state index is -3.58. The lowest BCUT2D eigenvalue weighted by Crippen LogP contribution is -2.30. The third-order valence-electron chi connectivity index (χ3n) is 5.16. The van der Waals surface area contributed by atoms with Gasteiger partial charge < -0.3 is 9.73 Å². The molecule has 0 spiro atoms. The molecule has 0 aliphatic heterocycles. The molecule has 7 nitrogen and oxygen atoms in total. The van der Waals surface area contributed by atoms with Gasteiger partial charge in [0, 0.05) is 18.7 Å². The van der Waals surface area contributed by atoms with E-state index in [0.29, 0.717) is 41.4 Å². The van der Waals surface area contributed by atoms with Gasteiger partial charge in [0.05, 0.1) is 16.1 Å². The molecule has 3 aromatic carbocycles. The third-order valence-corrected chi connectivity index (χ3v) is 7.22. The van der Waals surface area contributed by atoms with E-state index in [1.165, 1.54) is 28.6 Å². The van der Waals surface area contributed by atoms with E-state index in [9.17, 15) is 13.2 Å². The fourth-order valence-corrected chi connectivity index (χ4v) is 4.91. The van der Waals surface area contributed by atoms with Gasteiger partial charge in [-0.05, 0) is 48.5 Å². The van der Waals surface area contributed by atoms with Crippen LogP contribution in [0.4, 0.5) is 5.69 Å². The fraction of sp³-hybridized carbons (Fsp3) is 0.167. The van der Waals surface area contributed by atoms with Crippen LogP contribution in [0.5, 0.6) is 0 Å². The van der Waals surface area contributed by atoms with Crippen molar-refractivity contribution in [3.05, 3.63) is 78.4 Å². The summed E-state index contributed by atoms with van der Waals surface area (Å²) in [5.41, 5.74) is 2.93. The number of aromatic nitrogens is 1. The Bertz CT molecular complexity index is 1320. The quantitative estimate of drug-likeness (QED) is 0.438. The van der Waals surface area contributed by atoms with E-state index in [4.69, 9.17) is 4.42 Å². The summed E-state index contributed by atoms with van der Waals surface area (Å²) in [5, 5.41) is 2.87.